The Hall–Kier alpha value is -1.86. The number of piperidine rings is 2. The highest BCUT2D eigenvalue weighted by molar-refractivity contribution is 5.95. The summed E-state index contributed by atoms with van der Waals surface area (Å²) in [7, 11) is 0. The van der Waals surface area contributed by atoms with E-state index in [4.69, 9.17) is 13.9 Å². The third-order valence-electron chi connectivity index (χ3n) is 5.66. The van der Waals surface area contributed by atoms with Crippen molar-refractivity contribution in [3.05, 3.63) is 24.2 Å². The van der Waals surface area contributed by atoms with Gasteiger partial charge in [0.2, 0.25) is 5.91 Å². The van der Waals surface area contributed by atoms with Crippen molar-refractivity contribution < 1.29 is 23.5 Å². The van der Waals surface area contributed by atoms with E-state index in [1.165, 1.54) is 6.26 Å². The molecule has 26 heavy (non-hydrogen) atoms. The van der Waals surface area contributed by atoms with Gasteiger partial charge in [-0.2, -0.15) is 0 Å². The summed E-state index contributed by atoms with van der Waals surface area (Å²) in [6, 6.07) is 2.98. The highest BCUT2D eigenvalue weighted by Gasteiger charge is 2.38. The van der Waals surface area contributed by atoms with Crippen LogP contribution in [0.1, 0.15) is 42.7 Å². The van der Waals surface area contributed by atoms with Gasteiger partial charge in [0.25, 0.3) is 5.91 Å². The van der Waals surface area contributed by atoms with E-state index in [0.29, 0.717) is 44.5 Å². The van der Waals surface area contributed by atoms with Crippen LogP contribution in [0.2, 0.25) is 0 Å². The zero-order chi connectivity index (χ0) is 17.9. The molecule has 4 heterocycles. The largest absolute Gasteiger partial charge is 0.459 e. The molecule has 0 saturated carbocycles. The number of ether oxygens (including phenoxy) is 2. The van der Waals surface area contributed by atoms with Gasteiger partial charge in [-0.15, -0.1) is 0 Å². The van der Waals surface area contributed by atoms with Gasteiger partial charge in [-0.05, 0) is 44.2 Å². The molecule has 3 saturated heterocycles. The van der Waals surface area contributed by atoms with Gasteiger partial charge in [0.05, 0.1) is 19.5 Å². The number of carbonyl (C=O) groups excluding carboxylic acids is 2. The summed E-state index contributed by atoms with van der Waals surface area (Å²) in [4.78, 5) is 29.4. The van der Waals surface area contributed by atoms with Crippen LogP contribution < -0.4 is 0 Å². The maximum atomic E-state index is 13.1. The monoisotopic (exact) mass is 362 g/mol. The van der Waals surface area contributed by atoms with Gasteiger partial charge in [-0.1, -0.05) is 0 Å². The predicted molar refractivity (Wildman–Crippen MR) is 92.4 cm³/mol. The van der Waals surface area contributed by atoms with E-state index < -0.39 is 0 Å². The Balaban J connectivity index is 1.39. The maximum absolute atomic E-state index is 13.1. The molecule has 1 unspecified atom stereocenters. The standard InChI is InChI=1S/C19H26N2O5/c22-17(20-9-6-14(7-10-20)19-25-12-13-26-19)15-4-1-2-8-21(15)18(23)16-5-3-11-24-16/h3,5,11,14-15,19H,1-2,4,6-10,12-13H2. The van der Waals surface area contributed by atoms with Gasteiger partial charge >= 0.3 is 0 Å². The number of hydrogen-bond donors (Lipinski definition) is 0. The first-order valence-corrected chi connectivity index (χ1v) is 9.60. The lowest BCUT2D eigenvalue weighted by atomic mass is 9.94. The molecule has 0 aromatic carbocycles. The average Bonchev–Trinajstić information content (AvgIpc) is 3.41. The van der Waals surface area contributed by atoms with Crippen LogP contribution in [0.5, 0.6) is 0 Å². The highest BCUT2D eigenvalue weighted by Crippen LogP contribution is 2.28. The summed E-state index contributed by atoms with van der Waals surface area (Å²) in [5.74, 6) is 0.541. The summed E-state index contributed by atoms with van der Waals surface area (Å²) in [6.45, 7) is 3.33. The Bertz CT molecular complexity index is 618. The number of hydrogen-bond acceptors (Lipinski definition) is 5. The third kappa shape index (κ3) is 3.50. The van der Waals surface area contributed by atoms with Gasteiger partial charge in [0.15, 0.2) is 12.1 Å². The SMILES string of the molecule is O=C(C1CCCCN1C(=O)c1ccco1)N1CCC(C2OCCO2)CC1. The molecule has 142 valence electrons. The lowest BCUT2D eigenvalue weighted by Crippen LogP contribution is -2.54. The first-order chi connectivity index (χ1) is 12.7. The summed E-state index contributed by atoms with van der Waals surface area (Å²) in [6.07, 6.45) is 5.77. The van der Waals surface area contributed by atoms with Crippen molar-refractivity contribution in [3.63, 3.8) is 0 Å². The Morgan fingerprint density at radius 3 is 2.46 bits per heavy atom. The molecule has 3 aliphatic rings. The van der Waals surface area contributed by atoms with Crippen LogP contribution in [0, 0.1) is 5.92 Å². The van der Waals surface area contributed by atoms with E-state index in [0.717, 1.165) is 32.1 Å². The molecule has 0 N–H and O–H groups in total. The Morgan fingerprint density at radius 2 is 1.77 bits per heavy atom. The molecule has 0 bridgehead atoms. The van der Waals surface area contributed by atoms with E-state index in [1.54, 1.807) is 17.0 Å². The molecular formula is C19H26N2O5. The van der Waals surface area contributed by atoms with Crippen molar-refractivity contribution in [1.82, 2.24) is 9.80 Å². The van der Waals surface area contributed by atoms with Crippen LogP contribution in [0.15, 0.2) is 22.8 Å². The first-order valence-electron chi connectivity index (χ1n) is 9.60. The van der Waals surface area contributed by atoms with Gasteiger partial charge in [-0.3, -0.25) is 9.59 Å². The minimum Gasteiger partial charge on any atom is -0.459 e. The normalized spacial score (nSPS) is 25.6. The minimum absolute atomic E-state index is 0.0660. The summed E-state index contributed by atoms with van der Waals surface area (Å²) in [5.41, 5.74) is 0. The number of nitrogens with zero attached hydrogens (tertiary/aromatic N) is 2. The molecule has 0 radical (unpaired) electrons. The number of likely N-dealkylation sites (tertiary alicyclic amines) is 2. The molecular weight excluding hydrogens is 336 g/mol. The lowest BCUT2D eigenvalue weighted by Gasteiger charge is -2.40. The van der Waals surface area contributed by atoms with Crippen LogP contribution in [0.3, 0.4) is 0 Å². The fourth-order valence-corrected chi connectivity index (χ4v) is 4.22. The smallest absolute Gasteiger partial charge is 0.290 e. The Labute approximate surface area is 153 Å². The molecule has 4 rings (SSSR count). The molecule has 1 aromatic rings. The Kier molecular flexibility index (Phi) is 5.26. The van der Waals surface area contributed by atoms with Gasteiger partial charge < -0.3 is 23.7 Å². The van der Waals surface area contributed by atoms with Crippen LogP contribution in [0.25, 0.3) is 0 Å². The molecule has 0 aliphatic carbocycles. The molecule has 2 amide bonds. The topological polar surface area (TPSA) is 72.2 Å². The van der Waals surface area contributed by atoms with Crippen LogP contribution in [0.4, 0.5) is 0 Å². The number of amides is 2. The van der Waals surface area contributed by atoms with Crippen molar-refractivity contribution in [2.45, 2.75) is 44.4 Å². The molecule has 1 aromatic heterocycles. The molecule has 1 atom stereocenters. The van der Waals surface area contributed by atoms with Gasteiger partial charge in [-0.25, -0.2) is 0 Å². The number of rotatable bonds is 3. The highest BCUT2D eigenvalue weighted by atomic mass is 16.7. The second kappa shape index (κ2) is 7.80. The lowest BCUT2D eigenvalue weighted by molar-refractivity contribution is -0.142. The number of carbonyl (C=O) groups is 2. The van der Waals surface area contributed by atoms with E-state index in [-0.39, 0.29) is 24.1 Å². The third-order valence-corrected chi connectivity index (χ3v) is 5.66. The van der Waals surface area contributed by atoms with E-state index in [9.17, 15) is 9.59 Å². The summed E-state index contributed by atoms with van der Waals surface area (Å²) in [5, 5.41) is 0. The van der Waals surface area contributed by atoms with Crippen molar-refractivity contribution >= 4 is 11.8 Å². The zero-order valence-electron chi connectivity index (χ0n) is 15.0. The molecule has 7 heteroatoms. The van der Waals surface area contributed by atoms with Crippen LogP contribution in [-0.2, 0) is 14.3 Å². The summed E-state index contributed by atoms with van der Waals surface area (Å²) < 4.78 is 16.5. The van der Waals surface area contributed by atoms with Crippen LogP contribution in [-0.4, -0.2) is 66.8 Å². The van der Waals surface area contributed by atoms with Gasteiger partial charge in [0, 0.05) is 25.6 Å². The minimum atomic E-state index is -0.378. The quantitative estimate of drug-likeness (QED) is 0.821. The molecule has 3 fully saturated rings. The maximum Gasteiger partial charge on any atom is 0.290 e. The molecule has 0 spiro atoms. The fraction of sp³-hybridized carbons (Fsp3) is 0.684. The first kappa shape index (κ1) is 17.5. The fourth-order valence-electron chi connectivity index (χ4n) is 4.22. The van der Waals surface area contributed by atoms with E-state index in [2.05, 4.69) is 0 Å². The van der Waals surface area contributed by atoms with E-state index in [1.807, 2.05) is 4.90 Å². The van der Waals surface area contributed by atoms with Crippen molar-refractivity contribution in [2.75, 3.05) is 32.8 Å². The predicted octanol–water partition coefficient (Wildman–Crippen LogP) is 1.89. The number of furan rings is 1. The Morgan fingerprint density at radius 1 is 1.00 bits per heavy atom. The zero-order valence-corrected chi connectivity index (χ0v) is 15.0. The van der Waals surface area contributed by atoms with Crippen molar-refractivity contribution in [3.8, 4) is 0 Å². The van der Waals surface area contributed by atoms with Crippen molar-refractivity contribution in [1.29, 1.82) is 0 Å². The van der Waals surface area contributed by atoms with Crippen LogP contribution >= 0.6 is 0 Å². The average molecular weight is 362 g/mol. The molecule has 7 nitrogen and oxygen atoms in total. The second-order valence-corrected chi connectivity index (χ2v) is 7.26. The second-order valence-electron chi connectivity index (χ2n) is 7.26. The molecule has 3 aliphatic heterocycles. The summed E-state index contributed by atoms with van der Waals surface area (Å²) >= 11 is 0. The van der Waals surface area contributed by atoms with Gasteiger partial charge in [0.1, 0.15) is 6.04 Å². The van der Waals surface area contributed by atoms with E-state index >= 15 is 0 Å². The van der Waals surface area contributed by atoms with Crippen molar-refractivity contribution in [2.24, 2.45) is 5.92 Å².